The van der Waals surface area contributed by atoms with Crippen molar-refractivity contribution in [2.24, 2.45) is 17.1 Å². The van der Waals surface area contributed by atoms with Gasteiger partial charge >= 0.3 is 0 Å². The first-order chi connectivity index (χ1) is 8.13. The van der Waals surface area contributed by atoms with E-state index >= 15 is 0 Å². The number of hydrogen-bond donors (Lipinski definition) is 1. The summed E-state index contributed by atoms with van der Waals surface area (Å²) in [5.41, 5.74) is 5.40. The molecule has 2 saturated carbocycles. The topological polar surface area (TPSA) is 46.3 Å². The van der Waals surface area contributed by atoms with Crippen LogP contribution in [0.15, 0.2) is 0 Å². The number of nitrogens with two attached hydrogens (primary N) is 1. The molecule has 3 aliphatic rings. The first kappa shape index (κ1) is 11.5. The number of carbonyl (C=O) groups is 1. The van der Waals surface area contributed by atoms with Crippen LogP contribution >= 0.6 is 12.2 Å². The van der Waals surface area contributed by atoms with Gasteiger partial charge in [-0.25, -0.2) is 0 Å². The zero-order valence-corrected chi connectivity index (χ0v) is 11.0. The zero-order chi connectivity index (χ0) is 12.0. The molecule has 0 aromatic carbocycles. The van der Waals surface area contributed by atoms with Gasteiger partial charge in [0.05, 0.1) is 10.4 Å². The lowest BCUT2D eigenvalue weighted by atomic mass is 9.84. The average Bonchev–Trinajstić information content (AvgIpc) is 3.03. The number of carbonyl (C=O) groups excluding carboxylic acids is 1. The molecule has 2 unspecified atom stereocenters. The van der Waals surface area contributed by atoms with Crippen LogP contribution in [0.4, 0.5) is 0 Å². The highest BCUT2D eigenvalue weighted by Crippen LogP contribution is 2.45. The number of hydrogen-bond acceptors (Lipinski definition) is 2. The van der Waals surface area contributed by atoms with Crippen molar-refractivity contribution in [2.75, 3.05) is 6.54 Å². The normalized spacial score (nSPS) is 34.2. The van der Waals surface area contributed by atoms with Gasteiger partial charge in [0, 0.05) is 12.6 Å². The van der Waals surface area contributed by atoms with E-state index in [9.17, 15) is 4.79 Å². The number of piperidine rings is 1. The molecule has 4 heteroatoms. The van der Waals surface area contributed by atoms with Gasteiger partial charge in [0.15, 0.2) is 0 Å². The van der Waals surface area contributed by atoms with Crippen LogP contribution in [0.5, 0.6) is 0 Å². The van der Waals surface area contributed by atoms with Gasteiger partial charge in [0.2, 0.25) is 5.91 Å². The number of amides is 1. The molecule has 0 aromatic heterocycles. The van der Waals surface area contributed by atoms with E-state index in [-0.39, 0.29) is 5.91 Å². The Morgan fingerprint density at radius 3 is 2.47 bits per heavy atom. The molecule has 2 atom stereocenters. The molecule has 3 rings (SSSR count). The van der Waals surface area contributed by atoms with Crippen LogP contribution in [0.2, 0.25) is 0 Å². The third kappa shape index (κ3) is 1.60. The van der Waals surface area contributed by atoms with Crippen molar-refractivity contribution in [1.29, 1.82) is 0 Å². The molecule has 1 heterocycles. The minimum atomic E-state index is -0.486. The molecule has 2 N–H and O–H groups in total. The summed E-state index contributed by atoms with van der Waals surface area (Å²) in [5.74, 6) is 0.989. The van der Waals surface area contributed by atoms with E-state index in [1.807, 2.05) is 0 Å². The Balaban J connectivity index is 1.83. The molecule has 94 valence electrons. The molecule has 2 aliphatic carbocycles. The van der Waals surface area contributed by atoms with Gasteiger partial charge in [-0.1, -0.05) is 25.1 Å². The van der Waals surface area contributed by atoms with Crippen LogP contribution in [0, 0.1) is 11.3 Å². The molecule has 0 aromatic rings. The summed E-state index contributed by atoms with van der Waals surface area (Å²) < 4.78 is 0. The highest BCUT2D eigenvalue weighted by Gasteiger charge is 2.50. The summed E-state index contributed by atoms with van der Waals surface area (Å²) in [5, 5.41) is 0. The maximum atomic E-state index is 12.8. The fourth-order valence-electron chi connectivity index (χ4n) is 3.99. The Labute approximate surface area is 108 Å². The molecule has 1 amide bonds. The maximum Gasteiger partial charge on any atom is 0.235 e. The average molecular weight is 252 g/mol. The lowest BCUT2D eigenvalue weighted by Gasteiger charge is -2.36. The van der Waals surface area contributed by atoms with Crippen LogP contribution in [-0.4, -0.2) is 28.4 Å². The Hall–Kier alpha value is -0.640. The summed E-state index contributed by atoms with van der Waals surface area (Å²) in [4.78, 5) is 15.3. The summed E-state index contributed by atoms with van der Waals surface area (Å²) in [6.07, 6.45) is 7.61. The highest BCUT2D eigenvalue weighted by molar-refractivity contribution is 7.80. The predicted octanol–water partition coefficient (Wildman–Crippen LogP) is 1.84. The van der Waals surface area contributed by atoms with Gasteiger partial charge < -0.3 is 10.6 Å². The summed E-state index contributed by atoms with van der Waals surface area (Å²) in [6.45, 7) is 0.952. The number of likely N-dealkylation sites (tertiary alicyclic amines) is 1. The minimum absolute atomic E-state index is 0.245. The van der Waals surface area contributed by atoms with E-state index in [0.717, 1.165) is 38.1 Å². The van der Waals surface area contributed by atoms with Crippen LogP contribution in [-0.2, 0) is 4.79 Å². The lowest BCUT2D eigenvalue weighted by Crippen LogP contribution is -2.51. The number of nitrogens with zero attached hydrogens (tertiary/aromatic N) is 1. The Morgan fingerprint density at radius 1 is 1.29 bits per heavy atom. The predicted molar refractivity (Wildman–Crippen MR) is 70.5 cm³/mol. The second-order valence-electron chi connectivity index (χ2n) is 5.94. The number of rotatable bonds is 2. The Kier molecular flexibility index (Phi) is 2.65. The minimum Gasteiger partial charge on any atom is -0.392 e. The molecule has 0 radical (unpaired) electrons. The Morgan fingerprint density at radius 2 is 2.00 bits per heavy atom. The summed E-state index contributed by atoms with van der Waals surface area (Å²) >= 11 is 5.20. The third-order valence-corrected chi connectivity index (χ3v) is 5.40. The molecule has 1 saturated heterocycles. The van der Waals surface area contributed by atoms with E-state index in [2.05, 4.69) is 4.90 Å². The van der Waals surface area contributed by atoms with Gasteiger partial charge in [-0.2, -0.15) is 0 Å². The van der Waals surface area contributed by atoms with Crippen LogP contribution < -0.4 is 5.73 Å². The van der Waals surface area contributed by atoms with Crippen molar-refractivity contribution < 1.29 is 4.79 Å². The fraction of sp³-hybridized carbons (Fsp3) is 0.846. The van der Waals surface area contributed by atoms with E-state index in [0.29, 0.717) is 11.0 Å². The molecule has 0 spiro atoms. The van der Waals surface area contributed by atoms with Gasteiger partial charge in [-0.15, -0.1) is 0 Å². The highest BCUT2D eigenvalue weighted by atomic mass is 32.1. The smallest absolute Gasteiger partial charge is 0.235 e. The summed E-state index contributed by atoms with van der Waals surface area (Å²) in [6, 6.07) is 0.485. The molecular formula is C13H20N2OS. The van der Waals surface area contributed by atoms with Gasteiger partial charge in [-0.05, 0) is 38.0 Å². The monoisotopic (exact) mass is 252 g/mol. The van der Waals surface area contributed by atoms with Crippen molar-refractivity contribution in [3.63, 3.8) is 0 Å². The molecule has 3 fully saturated rings. The Bertz CT molecular complexity index is 362. The third-order valence-electron chi connectivity index (χ3n) is 5.01. The number of fused-ring (bicyclic) bond motifs is 2. The molecule has 3 nitrogen and oxygen atoms in total. The maximum absolute atomic E-state index is 12.8. The lowest BCUT2D eigenvalue weighted by molar-refractivity contribution is -0.139. The van der Waals surface area contributed by atoms with Gasteiger partial charge in [-0.3, -0.25) is 4.79 Å². The van der Waals surface area contributed by atoms with Gasteiger partial charge in [0.1, 0.15) is 0 Å². The van der Waals surface area contributed by atoms with E-state index < -0.39 is 5.41 Å². The SMILES string of the molecule is NC(=S)C1(C(=O)N2CC3CCC2C3)CCCC1. The molecular weight excluding hydrogens is 232 g/mol. The van der Waals surface area contributed by atoms with Crippen molar-refractivity contribution in [3.8, 4) is 0 Å². The molecule has 17 heavy (non-hydrogen) atoms. The van der Waals surface area contributed by atoms with Crippen molar-refractivity contribution in [3.05, 3.63) is 0 Å². The van der Waals surface area contributed by atoms with Gasteiger partial charge in [0.25, 0.3) is 0 Å². The fourth-order valence-corrected chi connectivity index (χ4v) is 4.28. The first-order valence-corrected chi connectivity index (χ1v) is 7.15. The first-order valence-electron chi connectivity index (χ1n) is 6.74. The van der Waals surface area contributed by atoms with Crippen LogP contribution in [0.1, 0.15) is 44.9 Å². The summed E-state index contributed by atoms with van der Waals surface area (Å²) in [7, 11) is 0. The zero-order valence-electron chi connectivity index (χ0n) is 10.2. The second kappa shape index (κ2) is 3.94. The number of thiocarbonyl (C=S) groups is 1. The van der Waals surface area contributed by atoms with E-state index in [4.69, 9.17) is 18.0 Å². The van der Waals surface area contributed by atoms with Crippen molar-refractivity contribution in [2.45, 2.75) is 51.0 Å². The van der Waals surface area contributed by atoms with Crippen LogP contribution in [0.25, 0.3) is 0 Å². The van der Waals surface area contributed by atoms with E-state index in [1.165, 1.54) is 19.3 Å². The quantitative estimate of drug-likeness (QED) is 0.763. The molecule has 1 aliphatic heterocycles. The standard InChI is InChI=1S/C13H20N2OS/c14-11(17)13(5-1-2-6-13)12(16)15-8-9-3-4-10(15)7-9/h9-10H,1-8H2,(H2,14,17). The van der Waals surface area contributed by atoms with Crippen molar-refractivity contribution in [1.82, 2.24) is 4.90 Å². The van der Waals surface area contributed by atoms with Crippen LogP contribution in [0.3, 0.4) is 0 Å². The van der Waals surface area contributed by atoms with Crippen molar-refractivity contribution >= 4 is 23.1 Å². The van der Waals surface area contributed by atoms with E-state index in [1.54, 1.807) is 0 Å². The second-order valence-corrected chi connectivity index (χ2v) is 6.38. The largest absolute Gasteiger partial charge is 0.392 e. The molecule has 2 bridgehead atoms.